The predicted octanol–water partition coefficient (Wildman–Crippen LogP) is 15.6. The van der Waals surface area contributed by atoms with E-state index >= 15 is 0 Å². The number of anilines is 3. The molecule has 1 nitrogen and oxygen atoms in total. The van der Waals surface area contributed by atoms with Crippen LogP contribution in [0.5, 0.6) is 0 Å². The SMILES string of the molecule is C[C@H]1C[C@@H]2C[C@@H]3C[C@H](C1)C21c2ccc(N(c4ccc5c(c4)C(C)(C)c4ccccc4-5)c4ccc5ccccc5c4)cc2C2(c4ccccc4-c4ccccc42)c2ccccc2[C@]31C. The molecule has 306 valence electrons. The Hall–Kier alpha value is -6.18. The lowest BCUT2D eigenvalue weighted by molar-refractivity contribution is 0.0674. The van der Waals surface area contributed by atoms with Gasteiger partial charge in [0.05, 0.1) is 5.41 Å². The second kappa shape index (κ2) is 12.3. The van der Waals surface area contributed by atoms with Crippen LogP contribution in [0.25, 0.3) is 33.0 Å². The van der Waals surface area contributed by atoms with Gasteiger partial charge in [-0.25, -0.2) is 0 Å². The lowest BCUT2D eigenvalue weighted by Crippen LogP contribution is -2.52. The number of hydrogen-bond acceptors (Lipinski definition) is 1. The molecule has 0 N–H and O–H groups in total. The van der Waals surface area contributed by atoms with Crippen molar-refractivity contribution in [3.05, 3.63) is 220 Å². The van der Waals surface area contributed by atoms with E-state index in [9.17, 15) is 0 Å². The highest BCUT2D eigenvalue weighted by Crippen LogP contribution is 2.79. The van der Waals surface area contributed by atoms with Crippen LogP contribution in [-0.2, 0) is 21.7 Å². The van der Waals surface area contributed by atoms with Crippen LogP contribution in [0.1, 0.15) is 97.9 Å². The lowest BCUT2D eigenvalue weighted by atomic mass is 9.50. The molecule has 1 heteroatoms. The molecule has 8 aromatic rings. The first kappa shape index (κ1) is 36.3. The summed E-state index contributed by atoms with van der Waals surface area (Å²) in [6.07, 6.45) is 5.32. The van der Waals surface area contributed by atoms with E-state index in [0.717, 1.165) is 5.92 Å². The van der Waals surface area contributed by atoms with Gasteiger partial charge in [0, 0.05) is 33.3 Å². The average Bonchev–Trinajstić information content (AvgIpc) is 3.91. The normalized spacial score (nSPS) is 26.5. The first-order valence-corrected chi connectivity index (χ1v) is 23.7. The van der Waals surface area contributed by atoms with Crippen molar-refractivity contribution < 1.29 is 0 Å². The van der Waals surface area contributed by atoms with Gasteiger partial charge in [-0.05, 0) is 163 Å². The molecule has 2 bridgehead atoms. The molecule has 0 aromatic heterocycles. The summed E-state index contributed by atoms with van der Waals surface area (Å²) >= 11 is 0. The summed E-state index contributed by atoms with van der Waals surface area (Å²) in [4.78, 5) is 2.59. The first-order valence-electron chi connectivity index (χ1n) is 23.7. The van der Waals surface area contributed by atoms with Crippen molar-refractivity contribution in [1.29, 1.82) is 0 Å². The topological polar surface area (TPSA) is 3.24 Å². The fraction of sp³-hybridized carbons (Fsp3) is 0.258. The fourth-order valence-electron chi connectivity index (χ4n) is 16.1. The van der Waals surface area contributed by atoms with E-state index in [1.165, 1.54) is 109 Å². The molecule has 2 spiro atoms. The second-order valence-corrected chi connectivity index (χ2v) is 21.1. The summed E-state index contributed by atoms with van der Waals surface area (Å²) in [5, 5.41) is 2.52. The van der Waals surface area contributed by atoms with Gasteiger partial charge in [-0.3, -0.25) is 0 Å². The summed E-state index contributed by atoms with van der Waals surface area (Å²) in [5.74, 6) is 2.75. The predicted molar refractivity (Wildman–Crippen MR) is 261 cm³/mol. The standard InChI is InChI=1S/C62H53N/c1-38-31-42-34-41-35-43(32-38)62(42)56-30-28-46(37-58(56)61(55-24-14-13-23-54(55)60(41,62)4)52-21-11-8-18-48(52)49-19-9-12-22-53(49)61)63(44-26-25-39-15-5-6-16-40(39)33-44)45-27-29-50-47-17-7-10-20-51(47)59(2,3)57(50)36-45/h5-30,33,36-38,41-43H,31-32,34-35H2,1-4H3/t38-,41+,42+,43-,60-,62?/m0/s1. The molecule has 0 saturated heterocycles. The largest absolute Gasteiger partial charge is 0.310 e. The summed E-state index contributed by atoms with van der Waals surface area (Å²) in [5.41, 5.74) is 20.5. The molecular weight excluding hydrogens is 759 g/mol. The van der Waals surface area contributed by atoms with Gasteiger partial charge in [-0.15, -0.1) is 0 Å². The minimum Gasteiger partial charge on any atom is -0.310 e. The Labute approximate surface area is 372 Å². The van der Waals surface area contributed by atoms with Gasteiger partial charge in [-0.2, -0.15) is 0 Å². The molecule has 6 aliphatic rings. The molecule has 63 heavy (non-hydrogen) atoms. The lowest BCUT2D eigenvalue weighted by Gasteiger charge is -2.54. The molecule has 1 unspecified atom stereocenters. The van der Waals surface area contributed by atoms with Gasteiger partial charge in [0.15, 0.2) is 0 Å². The number of rotatable bonds is 3. The van der Waals surface area contributed by atoms with Crippen LogP contribution in [0.15, 0.2) is 176 Å². The molecule has 14 rings (SSSR count). The Morgan fingerprint density at radius 2 is 0.873 bits per heavy atom. The fourth-order valence-corrected chi connectivity index (χ4v) is 16.1. The third kappa shape index (κ3) is 4.26. The average molecular weight is 812 g/mol. The number of nitrogens with zero attached hydrogens (tertiary/aromatic N) is 1. The zero-order chi connectivity index (χ0) is 42.0. The van der Waals surface area contributed by atoms with Crippen molar-refractivity contribution in [3.8, 4) is 22.3 Å². The summed E-state index contributed by atoms with van der Waals surface area (Å²) in [6, 6.07) is 68.9. The monoisotopic (exact) mass is 811 g/mol. The Balaban J connectivity index is 1.11. The number of benzene rings is 8. The maximum absolute atomic E-state index is 2.74. The number of fused-ring (bicyclic) bond motifs is 13. The smallest absolute Gasteiger partial charge is 0.0720 e. The van der Waals surface area contributed by atoms with Gasteiger partial charge in [-0.1, -0.05) is 167 Å². The van der Waals surface area contributed by atoms with Crippen LogP contribution < -0.4 is 4.90 Å². The van der Waals surface area contributed by atoms with E-state index in [-0.39, 0.29) is 16.2 Å². The minimum absolute atomic E-state index is 0.0317. The van der Waals surface area contributed by atoms with Crippen LogP contribution in [0.2, 0.25) is 0 Å². The van der Waals surface area contributed by atoms with Gasteiger partial charge in [0.1, 0.15) is 0 Å². The van der Waals surface area contributed by atoms with Gasteiger partial charge >= 0.3 is 0 Å². The molecule has 0 amide bonds. The van der Waals surface area contributed by atoms with Crippen LogP contribution >= 0.6 is 0 Å². The molecule has 0 radical (unpaired) electrons. The Bertz CT molecular complexity index is 3190. The number of hydrogen-bond donors (Lipinski definition) is 0. The van der Waals surface area contributed by atoms with Crippen molar-refractivity contribution in [3.63, 3.8) is 0 Å². The highest BCUT2D eigenvalue weighted by molar-refractivity contribution is 5.93. The molecule has 0 aliphatic heterocycles. The molecule has 6 atom stereocenters. The third-order valence-electron chi connectivity index (χ3n) is 18.2. The zero-order valence-electron chi connectivity index (χ0n) is 36.8. The van der Waals surface area contributed by atoms with Crippen LogP contribution in [0, 0.1) is 23.7 Å². The highest BCUT2D eigenvalue weighted by Gasteiger charge is 2.75. The van der Waals surface area contributed by atoms with Gasteiger partial charge in [0.25, 0.3) is 0 Å². The second-order valence-electron chi connectivity index (χ2n) is 21.1. The maximum Gasteiger partial charge on any atom is 0.0720 e. The van der Waals surface area contributed by atoms with Crippen molar-refractivity contribution in [2.45, 2.75) is 75.0 Å². The Morgan fingerprint density at radius 3 is 1.56 bits per heavy atom. The summed E-state index contributed by atoms with van der Waals surface area (Å²) < 4.78 is 0. The van der Waals surface area contributed by atoms with Crippen LogP contribution in [0.3, 0.4) is 0 Å². The molecule has 6 aliphatic carbocycles. The van der Waals surface area contributed by atoms with E-state index in [4.69, 9.17) is 0 Å². The van der Waals surface area contributed by atoms with E-state index in [1.54, 1.807) is 11.1 Å². The molecule has 3 fully saturated rings. The van der Waals surface area contributed by atoms with E-state index in [0.29, 0.717) is 17.8 Å². The molecule has 8 aromatic carbocycles. The van der Waals surface area contributed by atoms with E-state index < -0.39 is 5.41 Å². The van der Waals surface area contributed by atoms with E-state index in [2.05, 4.69) is 209 Å². The van der Waals surface area contributed by atoms with Crippen LogP contribution in [0.4, 0.5) is 17.1 Å². The first-order chi connectivity index (χ1) is 30.8. The van der Waals surface area contributed by atoms with E-state index in [1.807, 2.05) is 0 Å². The van der Waals surface area contributed by atoms with Crippen molar-refractivity contribution in [2.75, 3.05) is 4.90 Å². The molecule has 0 heterocycles. The van der Waals surface area contributed by atoms with Crippen molar-refractivity contribution in [1.82, 2.24) is 0 Å². The summed E-state index contributed by atoms with van der Waals surface area (Å²) in [6.45, 7) is 10.1. The quantitative estimate of drug-likeness (QED) is 0.172. The Kier molecular flexibility index (Phi) is 7.09. The van der Waals surface area contributed by atoms with Gasteiger partial charge < -0.3 is 4.90 Å². The third-order valence-corrected chi connectivity index (χ3v) is 18.2. The van der Waals surface area contributed by atoms with Crippen LogP contribution in [-0.4, -0.2) is 0 Å². The van der Waals surface area contributed by atoms with Crippen molar-refractivity contribution >= 4 is 27.8 Å². The van der Waals surface area contributed by atoms with Crippen molar-refractivity contribution in [2.24, 2.45) is 23.7 Å². The highest BCUT2D eigenvalue weighted by atomic mass is 15.1. The zero-order valence-corrected chi connectivity index (χ0v) is 36.8. The maximum atomic E-state index is 2.74. The Morgan fingerprint density at radius 1 is 0.381 bits per heavy atom. The summed E-state index contributed by atoms with van der Waals surface area (Å²) in [7, 11) is 0. The molecular formula is C62H53N. The molecule has 3 saturated carbocycles. The van der Waals surface area contributed by atoms with Gasteiger partial charge in [0.2, 0.25) is 0 Å². The minimum atomic E-state index is -0.478.